The molecular formula is C26H36N2O4. The van der Waals surface area contributed by atoms with E-state index in [4.69, 9.17) is 14.2 Å². The summed E-state index contributed by atoms with van der Waals surface area (Å²) in [6.07, 6.45) is 2.59. The average molecular weight is 441 g/mol. The first-order valence-corrected chi connectivity index (χ1v) is 11.4. The van der Waals surface area contributed by atoms with Gasteiger partial charge in [-0.15, -0.1) is 0 Å². The van der Waals surface area contributed by atoms with E-state index in [1.54, 1.807) is 14.2 Å². The number of likely N-dealkylation sites (tertiary alicyclic amines) is 1. The number of methoxy groups -OCH3 is 2. The van der Waals surface area contributed by atoms with E-state index in [0.717, 1.165) is 61.7 Å². The fourth-order valence-electron chi connectivity index (χ4n) is 4.26. The number of hydrogen-bond donors (Lipinski definition) is 0. The number of amides is 1. The van der Waals surface area contributed by atoms with E-state index in [2.05, 4.69) is 17.0 Å². The molecule has 1 saturated heterocycles. The summed E-state index contributed by atoms with van der Waals surface area (Å²) in [5.74, 6) is 2.75. The molecule has 1 heterocycles. The van der Waals surface area contributed by atoms with Crippen molar-refractivity contribution in [1.82, 2.24) is 9.80 Å². The second-order valence-electron chi connectivity index (χ2n) is 8.29. The second-order valence-corrected chi connectivity index (χ2v) is 8.29. The third-order valence-electron chi connectivity index (χ3n) is 6.16. The molecule has 2 aromatic rings. The van der Waals surface area contributed by atoms with Crippen molar-refractivity contribution in [2.24, 2.45) is 5.92 Å². The Morgan fingerprint density at radius 1 is 1.03 bits per heavy atom. The maximum Gasteiger partial charge on any atom is 0.225 e. The predicted molar refractivity (Wildman–Crippen MR) is 126 cm³/mol. The van der Waals surface area contributed by atoms with Gasteiger partial charge in [0.1, 0.15) is 5.75 Å². The molecule has 6 nitrogen and oxygen atoms in total. The molecule has 0 aromatic heterocycles. The number of ether oxygens (including phenoxy) is 3. The monoisotopic (exact) mass is 440 g/mol. The smallest absolute Gasteiger partial charge is 0.225 e. The van der Waals surface area contributed by atoms with Gasteiger partial charge in [-0.05, 0) is 63.0 Å². The van der Waals surface area contributed by atoms with E-state index in [-0.39, 0.29) is 11.8 Å². The van der Waals surface area contributed by atoms with Crippen LogP contribution in [0, 0.1) is 5.92 Å². The highest BCUT2D eigenvalue weighted by atomic mass is 16.5. The molecule has 0 aliphatic carbocycles. The lowest BCUT2D eigenvalue weighted by Crippen LogP contribution is -2.41. The van der Waals surface area contributed by atoms with Crippen molar-refractivity contribution >= 4 is 5.91 Å². The highest BCUT2D eigenvalue weighted by Gasteiger charge is 2.27. The van der Waals surface area contributed by atoms with Crippen molar-refractivity contribution < 1.29 is 19.0 Å². The Bertz CT molecular complexity index is 878. The van der Waals surface area contributed by atoms with Crippen molar-refractivity contribution in [3.05, 3.63) is 53.6 Å². The molecule has 6 heteroatoms. The first-order valence-electron chi connectivity index (χ1n) is 11.4. The SMILES string of the molecule is CCOc1ccccc1CN1CCC(C(=O)N(C)CCc2ccc(OC)c(OC)c2)CC1. The molecule has 32 heavy (non-hydrogen) atoms. The maximum atomic E-state index is 13.0. The molecule has 0 N–H and O–H groups in total. The first kappa shape index (κ1) is 23.9. The molecule has 174 valence electrons. The molecule has 0 atom stereocenters. The normalized spacial score (nSPS) is 14.8. The topological polar surface area (TPSA) is 51.2 Å². The molecular weight excluding hydrogens is 404 g/mol. The average Bonchev–Trinajstić information content (AvgIpc) is 2.83. The standard InChI is InChI=1S/C26H36N2O4/c1-5-32-23-9-7-6-8-22(23)19-28-16-13-21(14-17-28)26(29)27(2)15-12-20-10-11-24(30-3)25(18-20)31-4/h6-11,18,21H,5,12-17,19H2,1-4H3. The van der Waals surface area contributed by atoms with Crippen LogP contribution in [-0.2, 0) is 17.8 Å². The lowest BCUT2D eigenvalue weighted by molar-refractivity contribution is -0.135. The van der Waals surface area contributed by atoms with Crippen LogP contribution in [0.5, 0.6) is 17.2 Å². The predicted octanol–water partition coefficient (Wildman–Crippen LogP) is 4.02. The van der Waals surface area contributed by atoms with Gasteiger partial charge in [-0.2, -0.15) is 0 Å². The number of benzene rings is 2. The molecule has 1 fully saturated rings. The van der Waals surface area contributed by atoms with E-state index in [1.165, 1.54) is 5.56 Å². The zero-order chi connectivity index (χ0) is 22.9. The Morgan fingerprint density at radius 3 is 2.44 bits per heavy atom. The number of carbonyl (C=O) groups excluding carboxylic acids is 1. The van der Waals surface area contributed by atoms with Gasteiger partial charge in [-0.25, -0.2) is 0 Å². The molecule has 0 saturated carbocycles. The van der Waals surface area contributed by atoms with Gasteiger partial charge in [-0.3, -0.25) is 9.69 Å². The molecule has 0 unspecified atom stereocenters. The van der Waals surface area contributed by atoms with Crippen molar-refractivity contribution in [3.8, 4) is 17.2 Å². The Labute approximate surface area is 192 Å². The van der Waals surface area contributed by atoms with E-state index in [0.29, 0.717) is 13.2 Å². The van der Waals surface area contributed by atoms with Crippen molar-refractivity contribution in [1.29, 1.82) is 0 Å². The molecule has 3 rings (SSSR count). The fraction of sp³-hybridized carbons (Fsp3) is 0.500. The zero-order valence-electron chi connectivity index (χ0n) is 19.8. The van der Waals surface area contributed by atoms with Crippen LogP contribution in [0.25, 0.3) is 0 Å². The summed E-state index contributed by atoms with van der Waals surface area (Å²) < 4.78 is 16.4. The summed E-state index contributed by atoms with van der Waals surface area (Å²) in [6.45, 7) is 6.10. The number of hydrogen-bond acceptors (Lipinski definition) is 5. The molecule has 0 radical (unpaired) electrons. The first-order chi connectivity index (χ1) is 15.5. The molecule has 1 amide bonds. The van der Waals surface area contributed by atoms with Crippen LogP contribution in [0.1, 0.15) is 30.9 Å². The van der Waals surface area contributed by atoms with Crippen molar-refractivity contribution in [3.63, 3.8) is 0 Å². The van der Waals surface area contributed by atoms with Crippen molar-refractivity contribution in [2.45, 2.75) is 32.7 Å². The van der Waals surface area contributed by atoms with Gasteiger partial charge in [0.2, 0.25) is 5.91 Å². The minimum Gasteiger partial charge on any atom is -0.494 e. The fourth-order valence-corrected chi connectivity index (χ4v) is 4.26. The summed E-state index contributed by atoms with van der Waals surface area (Å²) in [5.41, 5.74) is 2.34. The maximum absolute atomic E-state index is 13.0. The van der Waals surface area contributed by atoms with Crippen molar-refractivity contribution in [2.75, 3.05) is 47.5 Å². The summed E-state index contributed by atoms with van der Waals surface area (Å²) in [5, 5.41) is 0. The van der Waals surface area contributed by atoms with Gasteiger partial charge in [0.05, 0.1) is 20.8 Å². The largest absolute Gasteiger partial charge is 0.494 e. The van der Waals surface area contributed by atoms with E-state index in [9.17, 15) is 4.79 Å². The van der Waals surface area contributed by atoms with Gasteiger partial charge in [-0.1, -0.05) is 24.3 Å². The molecule has 2 aromatic carbocycles. The molecule has 1 aliphatic heterocycles. The van der Waals surface area contributed by atoms with Crippen LogP contribution in [0.15, 0.2) is 42.5 Å². The third-order valence-corrected chi connectivity index (χ3v) is 6.16. The number of para-hydroxylation sites is 1. The van der Waals surface area contributed by atoms with Gasteiger partial charge < -0.3 is 19.1 Å². The Kier molecular flexibility index (Phi) is 8.80. The zero-order valence-corrected chi connectivity index (χ0v) is 19.8. The van der Waals surface area contributed by atoms with Crippen LogP contribution in [0.3, 0.4) is 0 Å². The number of likely N-dealkylation sites (N-methyl/N-ethyl adjacent to an activating group) is 1. The van der Waals surface area contributed by atoms with E-state index < -0.39 is 0 Å². The van der Waals surface area contributed by atoms with Crippen LogP contribution in [0.4, 0.5) is 0 Å². The quantitative estimate of drug-likeness (QED) is 0.559. The van der Waals surface area contributed by atoms with Crippen LogP contribution >= 0.6 is 0 Å². The van der Waals surface area contributed by atoms with Crippen LogP contribution < -0.4 is 14.2 Å². The highest BCUT2D eigenvalue weighted by Crippen LogP contribution is 2.28. The van der Waals surface area contributed by atoms with Crippen LogP contribution in [0.2, 0.25) is 0 Å². The highest BCUT2D eigenvalue weighted by molar-refractivity contribution is 5.78. The van der Waals surface area contributed by atoms with Gasteiger partial charge >= 0.3 is 0 Å². The third kappa shape index (κ3) is 6.16. The lowest BCUT2D eigenvalue weighted by atomic mass is 9.95. The Balaban J connectivity index is 1.47. The molecule has 1 aliphatic rings. The summed E-state index contributed by atoms with van der Waals surface area (Å²) in [6, 6.07) is 14.1. The number of piperidine rings is 1. The Hall–Kier alpha value is -2.73. The number of carbonyl (C=O) groups is 1. The van der Waals surface area contributed by atoms with E-state index >= 15 is 0 Å². The van der Waals surface area contributed by atoms with Crippen LogP contribution in [-0.4, -0.2) is 63.2 Å². The Morgan fingerprint density at radius 2 is 1.75 bits per heavy atom. The van der Waals surface area contributed by atoms with Gasteiger partial charge in [0, 0.05) is 31.6 Å². The van der Waals surface area contributed by atoms with Gasteiger partial charge in [0.15, 0.2) is 11.5 Å². The number of nitrogens with zero attached hydrogens (tertiary/aromatic N) is 2. The summed E-state index contributed by atoms with van der Waals surface area (Å²) in [7, 11) is 5.18. The minimum atomic E-state index is 0.101. The lowest BCUT2D eigenvalue weighted by Gasteiger charge is -2.33. The number of rotatable bonds is 10. The van der Waals surface area contributed by atoms with Gasteiger partial charge in [0.25, 0.3) is 0 Å². The molecule has 0 spiro atoms. The second kappa shape index (κ2) is 11.8. The summed E-state index contributed by atoms with van der Waals surface area (Å²) in [4.78, 5) is 17.3. The minimum absolute atomic E-state index is 0.101. The summed E-state index contributed by atoms with van der Waals surface area (Å²) >= 11 is 0. The van der Waals surface area contributed by atoms with E-state index in [1.807, 2.05) is 49.2 Å². The molecule has 0 bridgehead atoms.